The van der Waals surface area contributed by atoms with Crippen LogP contribution in [-0.2, 0) is 22.6 Å². The second-order valence-corrected chi connectivity index (χ2v) is 7.27. The number of ether oxygens (including phenoxy) is 2. The van der Waals surface area contributed by atoms with Gasteiger partial charge in [0.15, 0.2) is 0 Å². The van der Waals surface area contributed by atoms with E-state index in [0.717, 1.165) is 44.0 Å². The standard InChI is InChI=1S/C21H26N2O4/c1-25-17-6-4-15(5-7-17)13-23-14-16(11-20-19(23)8-10-27-20)21(24)22-12-18-3-2-9-26-18/h2-7,9,16,19-20H,8,10-14H2,1H3,(H,22,24)/t16-,19+,20+/m1/s1. The van der Waals surface area contributed by atoms with E-state index in [2.05, 4.69) is 22.3 Å². The van der Waals surface area contributed by atoms with Gasteiger partial charge in [-0.1, -0.05) is 12.1 Å². The number of methoxy groups -OCH3 is 1. The summed E-state index contributed by atoms with van der Waals surface area (Å²) in [4.78, 5) is 15.1. The highest BCUT2D eigenvalue weighted by atomic mass is 16.5. The first-order valence-corrected chi connectivity index (χ1v) is 9.51. The maximum Gasteiger partial charge on any atom is 0.224 e. The molecular weight excluding hydrogens is 344 g/mol. The van der Waals surface area contributed by atoms with Crippen LogP contribution in [0.4, 0.5) is 0 Å². The summed E-state index contributed by atoms with van der Waals surface area (Å²) in [5, 5.41) is 3.00. The van der Waals surface area contributed by atoms with Crippen LogP contribution < -0.4 is 10.1 Å². The normalized spacial score (nSPS) is 25.1. The van der Waals surface area contributed by atoms with E-state index < -0.39 is 0 Å². The molecule has 4 rings (SSSR count). The van der Waals surface area contributed by atoms with E-state index in [4.69, 9.17) is 13.9 Å². The van der Waals surface area contributed by atoms with Gasteiger partial charge in [0.2, 0.25) is 5.91 Å². The molecule has 0 saturated carbocycles. The lowest BCUT2D eigenvalue weighted by Gasteiger charge is -2.40. The molecule has 2 aliphatic heterocycles. The van der Waals surface area contributed by atoms with Crippen molar-refractivity contribution in [2.45, 2.75) is 38.1 Å². The zero-order valence-corrected chi connectivity index (χ0v) is 15.6. The number of piperidine rings is 1. The third-order valence-corrected chi connectivity index (χ3v) is 5.55. The largest absolute Gasteiger partial charge is 0.497 e. The lowest BCUT2D eigenvalue weighted by Crippen LogP contribution is -2.52. The molecule has 6 heteroatoms. The molecule has 1 aromatic heterocycles. The lowest BCUT2D eigenvalue weighted by atomic mass is 9.89. The Hall–Kier alpha value is -2.31. The maximum absolute atomic E-state index is 12.7. The SMILES string of the molecule is COc1ccc(CN2C[C@H](C(=O)NCc3ccco3)C[C@@H]3OCC[C@@H]32)cc1. The molecule has 2 saturated heterocycles. The molecule has 0 radical (unpaired) electrons. The Morgan fingerprint density at radius 3 is 2.89 bits per heavy atom. The molecule has 0 aliphatic carbocycles. The van der Waals surface area contributed by atoms with Gasteiger partial charge in [-0.05, 0) is 42.7 Å². The van der Waals surface area contributed by atoms with Gasteiger partial charge in [-0.2, -0.15) is 0 Å². The average molecular weight is 370 g/mol. The summed E-state index contributed by atoms with van der Waals surface area (Å²) >= 11 is 0. The summed E-state index contributed by atoms with van der Waals surface area (Å²) in [6.07, 6.45) is 3.57. The smallest absolute Gasteiger partial charge is 0.224 e. The van der Waals surface area contributed by atoms with Crippen molar-refractivity contribution < 1.29 is 18.7 Å². The average Bonchev–Trinajstić information content (AvgIpc) is 3.38. The Bertz CT molecular complexity index is 744. The van der Waals surface area contributed by atoms with E-state index >= 15 is 0 Å². The van der Waals surface area contributed by atoms with Crippen LogP contribution >= 0.6 is 0 Å². The summed E-state index contributed by atoms with van der Waals surface area (Å²) < 4.78 is 16.5. The minimum absolute atomic E-state index is 0.0695. The quantitative estimate of drug-likeness (QED) is 0.847. The van der Waals surface area contributed by atoms with Gasteiger partial charge in [0, 0.05) is 25.7 Å². The number of amides is 1. The van der Waals surface area contributed by atoms with Crippen LogP contribution in [0.25, 0.3) is 0 Å². The fraction of sp³-hybridized carbons (Fsp3) is 0.476. The second kappa shape index (κ2) is 8.15. The molecule has 0 spiro atoms. The monoisotopic (exact) mass is 370 g/mol. The second-order valence-electron chi connectivity index (χ2n) is 7.27. The molecule has 27 heavy (non-hydrogen) atoms. The van der Waals surface area contributed by atoms with Crippen molar-refractivity contribution >= 4 is 5.91 Å². The first kappa shape index (κ1) is 18.1. The Morgan fingerprint density at radius 2 is 2.15 bits per heavy atom. The molecule has 1 aromatic carbocycles. The zero-order chi connectivity index (χ0) is 18.6. The Morgan fingerprint density at radius 1 is 1.30 bits per heavy atom. The number of carbonyl (C=O) groups is 1. The summed E-state index contributed by atoms with van der Waals surface area (Å²) in [7, 11) is 1.67. The predicted octanol–water partition coefficient (Wildman–Crippen LogP) is 2.58. The summed E-state index contributed by atoms with van der Waals surface area (Å²) in [6.45, 7) is 2.77. The van der Waals surface area contributed by atoms with Crippen LogP contribution in [0.3, 0.4) is 0 Å². The minimum Gasteiger partial charge on any atom is -0.497 e. The molecule has 3 heterocycles. The number of carbonyl (C=O) groups excluding carboxylic acids is 1. The topological polar surface area (TPSA) is 63.9 Å². The van der Waals surface area contributed by atoms with E-state index in [-0.39, 0.29) is 17.9 Å². The first-order chi connectivity index (χ1) is 13.2. The number of furan rings is 1. The number of nitrogens with one attached hydrogen (secondary N) is 1. The molecular formula is C21H26N2O4. The number of rotatable bonds is 6. The van der Waals surface area contributed by atoms with Crippen LogP contribution in [0.1, 0.15) is 24.2 Å². The van der Waals surface area contributed by atoms with E-state index in [1.165, 1.54) is 5.56 Å². The molecule has 1 amide bonds. The highest BCUT2D eigenvalue weighted by Gasteiger charge is 2.42. The number of fused-ring (bicyclic) bond motifs is 1. The van der Waals surface area contributed by atoms with Crippen LogP contribution in [0.5, 0.6) is 5.75 Å². The Balaban J connectivity index is 1.41. The minimum atomic E-state index is -0.0717. The Kier molecular flexibility index (Phi) is 5.45. The first-order valence-electron chi connectivity index (χ1n) is 9.51. The molecule has 6 nitrogen and oxygen atoms in total. The molecule has 1 N–H and O–H groups in total. The number of hydrogen-bond donors (Lipinski definition) is 1. The van der Waals surface area contributed by atoms with Gasteiger partial charge in [-0.25, -0.2) is 0 Å². The predicted molar refractivity (Wildman–Crippen MR) is 100 cm³/mol. The van der Waals surface area contributed by atoms with Gasteiger partial charge in [0.05, 0.1) is 31.9 Å². The summed E-state index contributed by atoms with van der Waals surface area (Å²) in [5.74, 6) is 1.62. The Labute approximate surface area is 159 Å². The van der Waals surface area contributed by atoms with Crippen LogP contribution in [-0.4, -0.2) is 43.2 Å². The van der Waals surface area contributed by atoms with Gasteiger partial charge in [-0.3, -0.25) is 9.69 Å². The molecule has 3 atom stereocenters. The van der Waals surface area contributed by atoms with Gasteiger partial charge in [-0.15, -0.1) is 0 Å². The molecule has 2 aromatic rings. The van der Waals surface area contributed by atoms with E-state index in [1.54, 1.807) is 13.4 Å². The van der Waals surface area contributed by atoms with E-state index in [0.29, 0.717) is 12.6 Å². The van der Waals surface area contributed by atoms with Crippen molar-refractivity contribution in [3.8, 4) is 5.75 Å². The third-order valence-electron chi connectivity index (χ3n) is 5.55. The van der Waals surface area contributed by atoms with Gasteiger partial charge < -0.3 is 19.2 Å². The number of likely N-dealkylation sites (tertiary alicyclic amines) is 1. The molecule has 0 bridgehead atoms. The van der Waals surface area contributed by atoms with Gasteiger partial charge >= 0.3 is 0 Å². The highest BCUT2D eigenvalue weighted by molar-refractivity contribution is 5.79. The van der Waals surface area contributed by atoms with Crippen molar-refractivity contribution in [2.75, 3.05) is 20.3 Å². The fourth-order valence-corrected chi connectivity index (χ4v) is 4.12. The number of hydrogen-bond acceptors (Lipinski definition) is 5. The van der Waals surface area contributed by atoms with Crippen molar-refractivity contribution in [3.63, 3.8) is 0 Å². The summed E-state index contributed by atoms with van der Waals surface area (Å²) in [5.41, 5.74) is 1.22. The fourth-order valence-electron chi connectivity index (χ4n) is 4.12. The zero-order valence-electron chi connectivity index (χ0n) is 15.6. The van der Waals surface area contributed by atoms with Gasteiger partial charge in [0.1, 0.15) is 11.5 Å². The third kappa shape index (κ3) is 4.17. The van der Waals surface area contributed by atoms with E-state index in [1.807, 2.05) is 24.3 Å². The number of benzene rings is 1. The van der Waals surface area contributed by atoms with Crippen molar-refractivity contribution in [1.29, 1.82) is 0 Å². The molecule has 2 aliphatic rings. The van der Waals surface area contributed by atoms with Crippen LogP contribution in [0.15, 0.2) is 47.1 Å². The molecule has 2 fully saturated rings. The molecule has 144 valence electrons. The van der Waals surface area contributed by atoms with Crippen molar-refractivity contribution in [1.82, 2.24) is 10.2 Å². The highest BCUT2D eigenvalue weighted by Crippen LogP contribution is 2.32. The van der Waals surface area contributed by atoms with Crippen LogP contribution in [0.2, 0.25) is 0 Å². The number of nitrogens with zero attached hydrogens (tertiary/aromatic N) is 1. The maximum atomic E-state index is 12.7. The van der Waals surface area contributed by atoms with Crippen LogP contribution in [0, 0.1) is 5.92 Å². The molecule has 0 unspecified atom stereocenters. The van der Waals surface area contributed by atoms with Gasteiger partial charge in [0.25, 0.3) is 0 Å². The summed E-state index contributed by atoms with van der Waals surface area (Å²) in [6, 6.07) is 12.2. The van der Waals surface area contributed by atoms with Crippen molar-refractivity contribution in [2.24, 2.45) is 5.92 Å². The lowest BCUT2D eigenvalue weighted by molar-refractivity contribution is -0.130. The van der Waals surface area contributed by atoms with E-state index in [9.17, 15) is 4.79 Å². The van der Waals surface area contributed by atoms with Crippen molar-refractivity contribution in [3.05, 3.63) is 54.0 Å².